The highest BCUT2D eigenvalue weighted by atomic mass is 32.1. The van der Waals surface area contributed by atoms with Crippen molar-refractivity contribution in [2.75, 3.05) is 5.75 Å². The lowest BCUT2D eigenvalue weighted by molar-refractivity contribution is -0.143. The summed E-state index contributed by atoms with van der Waals surface area (Å²) >= 11 is 3.82. The van der Waals surface area contributed by atoms with E-state index in [1.165, 1.54) is 0 Å². The van der Waals surface area contributed by atoms with E-state index in [0.29, 0.717) is 0 Å². The fourth-order valence-corrected chi connectivity index (χ4v) is 2.64. The second-order valence-electron chi connectivity index (χ2n) is 7.70. The van der Waals surface area contributed by atoms with Crippen LogP contribution in [0.4, 0.5) is 0 Å². The quantitative estimate of drug-likeness (QED) is 0.174. The maximum atomic E-state index is 12.7. The molecular formula is C18H32N4O7S. The van der Waals surface area contributed by atoms with E-state index in [1.807, 2.05) is 13.8 Å². The van der Waals surface area contributed by atoms with E-state index in [4.69, 9.17) is 15.9 Å². The Balaban J connectivity index is 5.45. The van der Waals surface area contributed by atoms with Crippen molar-refractivity contribution in [2.45, 2.75) is 64.7 Å². The number of carbonyl (C=O) groups excluding carboxylic acids is 3. The predicted molar refractivity (Wildman–Crippen MR) is 112 cm³/mol. The molecule has 0 radical (unpaired) electrons. The number of rotatable bonds is 13. The van der Waals surface area contributed by atoms with Crippen LogP contribution in [-0.2, 0) is 24.0 Å². The van der Waals surface area contributed by atoms with Crippen LogP contribution in [0.3, 0.4) is 0 Å². The number of amides is 3. The van der Waals surface area contributed by atoms with E-state index >= 15 is 0 Å². The molecule has 0 aromatic rings. The van der Waals surface area contributed by atoms with Crippen LogP contribution < -0.4 is 21.7 Å². The molecule has 0 saturated carbocycles. The average molecular weight is 449 g/mol. The molecule has 0 saturated heterocycles. The summed E-state index contributed by atoms with van der Waals surface area (Å²) in [6.07, 6.45) is -0.553. The first-order chi connectivity index (χ1) is 13.8. The molecule has 0 aromatic heterocycles. The molecule has 172 valence electrons. The first kappa shape index (κ1) is 27.7. The molecule has 0 spiro atoms. The number of nitrogens with one attached hydrogen (secondary N) is 3. The van der Waals surface area contributed by atoms with E-state index in [0.717, 1.165) is 0 Å². The van der Waals surface area contributed by atoms with Crippen molar-refractivity contribution >= 4 is 42.3 Å². The molecule has 0 aliphatic carbocycles. The Morgan fingerprint density at radius 1 is 0.833 bits per heavy atom. The fourth-order valence-electron chi connectivity index (χ4n) is 2.39. The Morgan fingerprint density at radius 3 is 1.70 bits per heavy atom. The highest BCUT2D eigenvalue weighted by molar-refractivity contribution is 7.80. The molecule has 0 bridgehead atoms. The van der Waals surface area contributed by atoms with E-state index in [-0.39, 0.29) is 24.0 Å². The molecule has 0 aliphatic heterocycles. The minimum Gasteiger partial charge on any atom is -0.481 e. The summed E-state index contributed by atoms with van der Waals surface area (Å²) in [5.41, 5.74) is 5.80. The van der Waals surface area contributed by atoms with Crippen molar-refractivity contribution < 1.29 is 34.2 Å². The van der Waals surface area contributed by atoms with Crippen molar-refractivity contribution in [3.05, 3.63) is 0 Å². The average Bonchev–Trinajstić information content (AvgIpc) is 2.62. The van der Waals surface area contributed by atoms with Crippen LogP contribution in [0.2, 0.25) is 0 Å². The summed E-state index contributed by atoms with van der Waals surface area (Å²) < 4.78 is 0. The van der Waals surface area contributed by atoms with E-state index in [1.54, 1.807) is 13.8 Å². The van der Waals surface area contributed by atoms with Crippen molar-refractivity contribution in [1.29, 1.82) is 0 Å². The molecule has 7 N–H and O–H groups in total. The molecule has 0 aliphatic rings. The highest BCUT2D eigenvalue weighted by Gasteiger charge is 2.31. The number of nitrogens with two attached hydrogens (primary N) is 1. The first-order valence-corrected chi connectivity index (χ1v) is 10.1. The van der Waals surface area contributed by atoms with Gasteiger partial charge in [0.15, 0.2) is 0 Å². The lowest BCUT2D eigenvalue weighted by atomic mass is 10.00. The fraction of sp³-hybridized carbons (Fsp3) is 0.722. The molecule has 3 amide bonds. The van der Waals surface area contributed by atoms with Crippen LogP contribution in [-0.4, -0.2) is 69.8 Å². The predicted octanol–water partition coefficient (Wildman–Crippen LogP) is -1.04. The Morgan fingerprint density at radius 2 is 1.30 bits per heavy atom. The standard InChI is InChI=1S/C18H32N4O7S/c1-8(2)5-10(21-17(27)14(19)9(3)4)15(25)20-11(6-13(23)24)16(26)22-12(7-30)18(28)29/h8-12,14,30H,5-7,19H2,1-4H3,(H,20,25)(H,21,27)(H,22,26)(H,23,24)(H,28,29). The SMILES string of the molecule is CC(C)CC(NC(=O)C(N)C(C)C)C(=O)NC(CC(=O)O)C(=O)NC(CS)C(=O)O. The molecule has 4 unspecified atom stereocenters. The van der Waals surface area contributed by atoms with Crippen LogP contribution >= 0.6 is 12.6 Å². The van der Waals surface area contributed by atoms with Gasteiger partial charge in [0, 0.05) is 5.75 Å². The van der Waals surface area contributed by atoms with Gasteiger partial charge in [-0.05, 0) is 18.3 Å². The summed E-state index contributed by atoms with van der Waals surface area (Å²) in [5.74, 6) is -5.45. The molecule has 0 rings (SSSR count). The number of aliphatic carboxylic acids is 2. The Labute approximate surface area is 180 Å². The second-order valence-corrected chi connectivity index (χ2v) is 8.07. The van der Waals surface area contributed by atoms with Crippen molar-refractivity contribution in [2.24, 2.45) is 17.6 Å². The maximum absolute atomic E-state index is 12.7. The van der Waals surface area contributed by atoms with E-state index < -0.39 is 60.2 Å². The maximum Gasteiger partial charge on any atom is 0.327 e. The van der Waals surface area contributed by atoms with Crippen molar-refractivity contribution in [3.63, 3.8) is 0 Å². The van der Waals surface area contributed by atoms with Gasteiger partial charge in [-0.25, -0.2) is 4.79 Å². The number of carbonyl (C=O) groups is 5. The lowest BCUT2D eigenvalue weighted by Gasteiger charge is -2.26. The van der Waals surface area contributed by atoms with Gasteiger partial charge in [-0.2, -0.15) is 12.6 Å². The van der Waals surface area contributed by atoms with Gasteiger partial charge in [0.2, 0.25) is 17.7 Å². The zero-order valence-electron chi connectivity index (χ0n) is 17.5. The molecule has 0 fully saturated rings. The summed E-state index contributed by atoms with van der Waals surface area (Å²) in [6.45, 7) is 7.13. The van der Waals surface area contributed by atoms with Crippen molar-refractivity contribution in [3.8, 4) is 0 Å². The van der Waals surface area contributed by atoms with Gasteiger partial charge >= 0.3 is 11.9 Å². The zero-order chi connectivity index (χ0) is 23.6. The van der Waals surface area contributed by atoms with Gasteiger partial charge < -0.3 is 31.9 Å². The summed E-state index contributed by atoms with van der Waals surface area (Å²) in [4.78, 5) is 59.6. The van der Waals surface area contributed by atoms with Gasteiger partial charge in [-0.3, -0.25) is 19.2 Å². The number of thiol groups is 1. The lowest BCUT2D eigenvalue weighted by Crippen LogP contribution is -2.58. The van der Waals surface area contributed by atoms with Crippen LogP contribution in [0.5, 0.6) is 0 Å². The van der Waals surface area contributed by atoms with Crippen LogP contribution in [0.1, 0.15) is 40.5 Å². The molecule has 0 aromatic carbocycles. The van der Waals surface area contributed by atoms with Crippen LogP contribution in [0.15, 0.2) is 0 Å². The van der Waals surface area contributed by atoms with Gasteiger partial charge in [0.25, 0.3) is 0 Å². The third-order valence-electron chi connectivity index (χ3n) is 4.17. The third-order valence-corrected chi connectivity index (χ3v) is 4.54. The molecule has 4 atom stereocenters. The van der Waals surface area contributed by atoms with E-state index in [9.17, 15) is 24.0 Å². The smallest absolute Gasteiger partial charge is 0.327 e. The minimum absolute atomic E-state index is 0.0105. The van der Waals surface area contributed by atoms with Gasteiger partial charge in [-0.1, -0.05) is 27.7 Å². The molecule has 12 heteroatoms. The van der Waals surface area contributed by atoms with Gasteiger partial charge in [0.05, 0.1) is 12.5 Å². The minimum atomic E-state index is -1.54. The Bertz CT molecular complexity index is 642. The number of hydrogen-bond donors (Lipinski definition) is 7. The largest absolute Gasteiger partial charge is 0.481 e. The van der Waals surface area contributed by atoms with Gasteiger partial charge in [-0.15, -0.1) is 0 Å². The normalized spacial score (nSPS) is 15.1. The summed E-state index contributed by atoms with van der Waals surface area (Å²) in [5, 5.41) is 25.0. The topological polar surface area (TPSA) is 188 Å². The van der Waals surface area contributed by atoms with Crippen molar-refractivity contribution in [1.82, 2.24) is 16.0 Å². The van der Waals surface area contributed by atoms with E-state index in [2.05, 4.69) is 28.6 Å². The second kappa shape index (κ2) is 13.1. The van der Waals surface area contributed by atoms with Gasteiger partial charge in [0.1, 0.15) is 18.1 Å². The monoisotopic (exact) mass is 448 g/mol. The molecular weight excluding hydrogens is 416 g/mol. The number of hydrogen-bond acceptors (Lipinski definition) is 7. The summed E-state index contributed by atoms with van der Waals surface area (Å²) in [7, 11) is 0. The Kier molecular flexibility index (Phi) is 12.0. The number of carboxylic acid groups (broad SMARTS) is 2. The highest BCUT2D eigenvalue weighted by Crippen LogP contribution is 2.08. The molecule has 30 heavy (non-hydrogen) atoms. The van der Waals surface area contributed by atoms with Crippen LogP contribution in [0, 0.1) is 11.8 Å². The van der Waals surface area contributed by atoms with Crippen LogP contribution in [0.25, 0.3) is 0 Å². The first-order valence-electron chi connectivity index (χ1n) is 9.52. The number of carboxylic acids is 2. The Hall–Kier alpha value is -2.34. The zero-order valence-corrected chi connectivity index (χ0v) is 18.4. The summed E-state index contributed by atoms with van der Waals surface area (Å²) in [6, 6.07) is -4.80. The third kappa shape index (κ3) is 9.92. The molecule has 0 heterocycles. The molecule has 11 nitrogen and oxygen atoms in total.